The zero-order chi connectivity index (χ0) is 18.0. The third-order valence-corrected chi connectivity index (χ3v) is 4.59. The summed E-state index contributed by atoms with van der Waals surface area (Å²) in [4.78, 5) is 28.1. The number of hydrogen-bond donors (Lipinski definition) is 0. The predicted octanol–water partition coefficient (Wildman–Crippen LogP) is 2.50. The lowest BCUT2D eigenvalue weighted by atomic mass is 10.0. The number of nitro groups is 1. The van der Waals surface area contributed by atoms with Crippen molar-refractivity contribution < 1.29 is 4.92 Å². The normalized spacial score (nSPS) is 15.2. The first-order valence-electron chi connectivity index (χ1n) is 8.35. The number of hydrogen-bond acceptors (Lipinski definition) is 7. The lowest BCUT2D eigenvalue weighted by molar-refractivity contribution is -0.384. The standard InChI is InChI=1S/C17H22N6O2/c1-12-11-16(20-13(2)19-12)22-9-6-14(7-10-22)21(3)17-15(23(24)25)5-4-8-18-17/h4-5,8,11,14H,6-7,9-10H2,1-3H3. The van der Waals surface area contributed by atoms with Crippen LogP contribution >= 0.6 is 0 Å². The zero-order valence-corrected chi connectivity index (χ0v) is 14.7. The molecule has 0 N–H and O–H groups in total. The fourth-order valence-electron chi connectivity index (χ4n) is 3.32. The van der Waals surface area contributed by atoms with Gasteiger partial charge in [0.05, 0.1) is 4.92 Å². The fraction of sp³-hybridized carbons (Fsp3) is 0.471. The quantitative estimate of drug-likeness (QED) is 0.623. The molecular formula is C17H22N6O2. The van der Waals surface area contributed by atoms with Crippen molar-refractivity contribution in [3.8, 4) is 0 Å². The van der Waals surface area contributed by atoms with Crippen LogP contribution in [0.4, 0.5) is 17.3 Å². The molecule has 8 nitrogen and oxygen atoms in total. The average Bonchev–Trinajstić information content (AvgIpc) is 2.60. The van der Waals surface area contributed by atoms with Crippen molar-refractivity contribution in [1.29, 1.82) is 0 Å². The molecule has 0 saturated carbocycles. The van der Waals surface area contributed by atoms with Crippen molar-refractivity contribution in [3.63, 3.8) is 0 Å². The SMILES string of the molecule is Cc1cc(N2CCC(N(C)c3ncccc3[N+](=O)[O-])CC2)nc(C)n1. The smallest absolute Gasteiger partial charge is 0.311 e. The number of piperidine rings is 1. The predicted molar refractivity (Wildman–Crippen MR) is 96.0 cm³/mol. The Bertz CT molecular complexity index is 753. The largest absolute Gasteiger partial charge is 0.356 e. The van der Waals surface area contributed by atoms with E-state index in [0.717, 1.165) is 43.3 Å². The second-order valence-corrected chi connectivity index (χ2v) is 6.35. The van der Waals surface area contributed by atoms with E-state index >= 15 is 0 Å². The topological polar surface area (TPSA) is 88.3 Å². The number of rotatable bonds is 4. The molecule has 1 fully saturated rings. The molecule has 0 aromatic carbocycles. The number of pyridine rings is 1. The Balaban J connectivity index is 1.71. The van der Waals surface area contributed by atoms with Crippen molar-refractivity contribution in [2.24, 2.45) is 0 Å². The molecular weight excluding hydrogens is 320 g/mol. The van der Waals surface area contributed by atoms with Crippen LogP contribution in [0.3, 0.4) is 0 Å². The van der Waals surface area contributed by atoms with Gasteiger partial charge in [0.2, 0.25) is 5.82 Å². The Morgan fingerprint density at radius 3 is 2.64 bits per heavy atom. The van der Waals surface area contributed by atoms with Crippen molar-refractivity contribution >= 4 is 17.3 Å². The molecule has 0 bridgehead atoms. The van der Waals surface area contributed by atoms with Crippen LogP contribution in [-0.4, -0.2) is 46.1 Å². The summed E-state index contributed by atoms with van der Waals surface area (Å²) in [5, 5.41) is 11.2. The maximum absolute atomic E-state index is 11.2. The van der Waals surface area contributed by atoms with E-state index < -0.39 is 0 Å². The van der Waals surface area contributed by atoms with E-state index in [1.165, 1.54) is 6.07 Å². The molecule has 0 radical (unpaired) electrons. The van der Waals surface area contributed by atoms with Crippen LogP contribution < -0.4 is 9.80 Å². The first-order chi connectivity index (χ1) is 12.0. The lowest BCUT2D eigenvalue weighted by Crippen LogP contribution is -2.44. The molecule has 3 rings (SSSR count). The second-order valence-electron chi connectivity index (χ2n) is 6.35. The number of aromatic nitrogens is 3. The molecule has 2 aromatic rings. The van der Waals surface area contributed by atoms with Gasteiger partial charge >= 0.3 is 5.69 Å². The Kier molecular flexibility index (Phi) is 4.78. The third-order valence-electron chi connectivity index (χ3n) is 4.59. The number of nitrogens with zero attached hydrogens (tertiary/aromatic N) is 6. The lowest BCUT2D eigenvalue weighted by Gasteiger charge is -2.37. The van der Waals surface area contributed by atoms with Crippen molar-refractivity contribution in [1.82, 2.24) is 15.0 Å². The Labute approximate surface area is 146 Å². The van der Waals surface area contributed by atoms with E-state index in [-0.39, 0.29) is 16.7 Å². The highest BCUT2D eigenvalue weighted by Gasteiger charge is 2.28. The van der Waals surface area contributed by atoms with Gasteiger partial charge in [0.1, 0.15) is 11.6 Å². The van der Waals surface area contributed by atoms with E-state index in [0.29, 0.717) is 5.82 Å². The molecule has 0 amide bonds. The molecule has 3 heterocycles. The summed E-state index contributed by atoms with van der Waals surface area (Å²) in [5.41, 5.74) is 1.01. The van der Waals surface area contributed by atoms with Crippen molar-refractivity contribution in [2.75, 3.05) is 29.9 Å². The first-order valence-corrected chi connectivity index (χ1v) is 8.35. The van der Waals surface area contributed by atoms with E-state index in [1.54, 1.807) is 12.3 Å². The molecule has 132 valence electrons. The van der Waals surface area contributed by atoms with Crippen molar-refractivity contribution in [2.45, 2.75) is 32.7 Å². The van der Waals surface area contributed by atoms with Crippen LogP contribution in [-0.2, 0) is 0 Å². The molecule has 0 atom stereocenters. The van der Waals surface area contributed by atoms with Crippen LogP contribution in [0.25, 0.3) is 0 Å². The molecule has 25 heavy (non-hydrogen) atoms. The Morgan fingerprint density at radius 2 is 2.00 bits per heavy atom. The van der Waals surface area contributed by atoms with Crippen LogP contribution in [0.15, 0.2) is 24.4 Å². The van der Waals surface area contributed by atoms with Gasteiger partial charge in [-0.3, -0.25) is 10.1 Å². The monoisotopic (exact) mass is 342 g/mol. The van der Waals surface area contributed by atoms with Crippen LogP contribution in [0.2, 0.25) is 0 Å². The molecule has 1 aliphatic rings. The minimum absolute atomic E-state index is 0.0504. The number of aryl methyl sites for hydroxylation is 2. The molecule has 0 aliphatic carbocycles. The number of anilines is 2. The summed E-state index contributed by atoms with van der Waals surface area (Å²) in [6.07, 6.45) is 3.39. The van der Waals surface area contributed by atoms with Gasteiger partial charge in [-0.05, 0) is 32.8 Å². The summed E-state index contributed by atoms with van der Waals surface area (Å²) in [6, 6.07) is 5.31. The summed E-state index contributed by atoms with van der Waals surface area (Å²) in [7, 11) is 1.88. The minimum Gasteiger partial charge on any atom is -0.356 e. The van der Waals surface area contributed by atoms with Gasteiger partial charge in [-0.2, -0.15) is 0 Å². The maximum Gasteiger partial charge on any atom is 0.311 e. The van der Waals surface area contributed by atoms with Crippen LogP contribution in [0, 0.1) is 24.0 Å². The van der Waals surface area contributed by atoms with Gasteiger partial charge in [-0.15, -0.1) is 0 Å². The van der Waals surface area contributed by atoms with E-state index in [2.05, 4.69) is 19.9 Å². The Hall–Kier alpha value is -2.77. The highest BCUT2D eigenvalue weighted by Crippen LogP contribution is 2.29. The average molecular weight is 342 g/mol. The van der Waals surface area contributed by atoms with Crippen LogP contribution in [0.1, 0.15) is 24.4 Å². The van der Waals surface area contributed by atoms with Gasteiger partial charge in [-0.25, -0.2) is 15.0 Å². The molecule has 8 heteroatoms. The summed E-state index contributed by atoms with van der Waals surface area (Å²) >= 11 is 0. The van der Waals surface area contributed by atoms with Crippen LogP contribution in [0.5, 0.6) is 0 Å². The molecule has 1 aliphatic heterocycles. The molecule has 0 unspecified atom stereocenters. The second kappa shape index (κ2) is 7.00. The van der Waals surface area contributed by atoms with Gasteiger partial charge < -0.3 is 9.80 Å². The van der Waals surface area contributed by atoms with E-state index in [1.807, 2.05) is 31.9 Å². The van der Waals surface area contributed by atoms with E-state index in [4.69, 9.17) is 0 Å². The fourth-order valence-corrected chi connectivity index (χ4v) is 3.32. The minimum atomic E-state index is -0.375. The van der Waals surface area contributed by atoms with Gasteiger partial charge in [-0.1, -0.05) is 0 Å². The summed E-state index contributed by atoms with van der Waals surface area (Å²) in [5.74, 6) is 2.16. The van der Waals surface area contributed by atoms with E-state index in [9.17, 15) is 10.1 Å². The van der Waals surface area contributed by atoms with Gasteiger partial charge in [0.15, 0.2) is 0 Å². The molecule has 2 aromatic heterocycles. The molecule has 1 saturated heterocycles. The Morgan fingerprint density at radius 1 is 1.28 bits per heavy atom. The van der Waals surface area contributed by atoms with Crippen molar-refractivity contribution in [3.05, 3.63) is 46.0 Å². The highest BCUT2D eigenvalue weighted by molar-refractivity contribution is 5.57. The maximum atomic E-state index is 11.2. The summed E-state index contributed by atoms with van der Waals surface area (Å²) in [6.45, 7) is 5.58. The van der Waals surface area contributed by atoms with Gasteiger partial charge in [0, 0.05) is 50.2 Å². The third kappa shape index (κ3) is 3.67. The zero-order valence-electron chi connectivity index (χ0n) is 14.7. The first kappa shape index (κ1) is 17.1. The summed E-state index contributed by atoms with van der Waals surface area (Å²) < 4.78 is 0. The van der Waals surface area contributed by atoms with Gasteiger partial charge in [0.25, 0.3) is 0 Å². The molecule has 0 spiro atoms. The highest BCUT2D eigenvalue weighted by atomic mass is 16.6.